The summed E-state index contributed by atoms with van der Waals surface area (Å²) in [7, 11) is -4.99. The zero-order chi connectivity index (χ0) is 20.9. The third-order valence-electron chi connectivity index (χ3n) is 3.00. The Morgan fingerprint density at radius 3 is 1.69 bits per heavy atom. The van der Waals surface area contributed by atoms with E-state index in [4.69, 9.17) is 10.3 Å². The van der Waals surface area contributed by atoms with Crippen LogP contribution in [0.1, 0.15) is 19.3 Å². The number of unbranched alkanes of at least 4 members (excludes halogenated alkanes) is 1. The Balaban J connectivity index is 0. The Labute approximate surface area is 148 Å². The molecule has 158 valence electrons. The lowest BCUT2D eigenvalue weighted by atomic mass is 9.99. The second kappa shape index (κ2) is 14.2. The Bertz CT molecular complexity index is 469. The monoisotopic (exact) mass is 419 g/mol. The number of alkyl halides is 7. The fourth-order valence-electron chi connectivity index (χ4n) is 1.64. The minimum atomic E-state index is -4.99. The van der Waals surface area contributed by atoms with E-state index in [0.717, 1.165) is 0 Å². The molecule has 0 aliphatic heterocycles. The van der Waals surface area contributed by atoms with Crippen molar-refractivity contribution in [1.82, 2.24) is 0 Å². The van der Waals surface area contributed by atoms with Crippen molar-refractivity contribution in [3.63, 3.8) is 0 Å². The molecule has 0 amide bonds. The average Bonchev–Trinajstić information content (AvgIpc) is 2.57. The van der Waals surface area contributed by atoms with Crippen molar-refractivity contribution in [2.45, 2.75) is 56.3 Å². The average molecular weight is 419 g/mol. The molecule has 0 aromatic carbocycles. The van der Waals surface area contributed by atoms with E-state index in [0.29, 0.717) is 6.54 Å². The second-order valence-electron chi connectivity index (χ2n) is 5.27. The fourth-order valence-corrected chi connectivity index (χ4v) is 2.22. The van der Waals surface area contributed by atoms with E-state index in [1.165, 1.54) is 0 Å². The number of hydrogen-bond acceptors (Lipinski definition) is 3. The highest BCUT2D eigenvalue weighted by Crippen LogP contribution is 2.26. The topological polar surface area (TPSA) is 80.4 Å². The van der Waals surface area contributed by atoms with E-state index in [-0.39, 0.29) is 12.8 Å². The van der Waals surface area contributed by atoms with Gasteiger partial charge in [-0.05, 0) is 19.3 Å². The van der Waals surface area contributed by atoms with Gasteiger partial charge in [-0.25, -0.2) is 26.3 Å². The molecule has 0 aromatic rings. The van der Waals surface area contributed by atoms with Crippen molar-refractivity contribution in [3.8, 4) is 0 Å². The molecular formula is C14H24F7NO3S. The van der Waals surface area contributed by atoms with E-state index < -0.39 is 66.0 Å². The van der Waals surface area contributed by atoms with Gasteiger partial charge in [-0.1, -0.05) is 6.08 Å². The van der Waals surface area contributed by atoms with Gasteiger partial charge >= 0.3 is 0 Å². The van der Waals surface area contributed by atoms with Gasteiger partial charge in [0.2, 0.25) is 0 Å². The molecule has 12 heteroatoms. The summed E-state index contributed by atoms with van der Waals surface area (Å²) in [6, 6.07) is 0. The molecule has 26 heavy (non-hydrogen) atoms. The maximum atomic E-state index is 13.3. The lowest BCUT2D eigenvalue weighted by molar-refractivity contribution is -0.0183. The van der Waals surface area contributed by atoms with Crippen molar-refractivity contribution in [3.05, 3.63) is 12.7 Å². The highest BCUT2D eigenvalue weighted by Gasteiger charge is 2.44. The molecule has 4 nitrogen and oxygen atoms in total. The van der Waals surface area contributed by atoms with Crippen molar-refractivity contribution >= 4 is 10.1 Å². The maximum Gasteiger partial charge on any atom is 0.267 e. The molecule has 0 aliphatic carbocycles. The van der Waals surface area contributed by atoms with Gasteiger partial charge in [0.25, 0.3) is 10.1 Å². The predicted octanol–water partition coefficient (Wildman–Crippen LogP) is 3.17. The summed E-state index contributed by atoms with van der Waals surface area (Å²) in [6.07, 6.45) is -18.2. The van der Waals surface area contributed by atoms with Crippen LogP contribution in [0.3, 0.4) is 0 Å². The molecule has 0 saturated carbocycles. The highest BCUT2D eigenvalue weighted by atomic mass is 32.2. The molecule has 0 bridgehead atoms. The first-order valence-corrected chi connectivity index (χ1v) is 9.20. The Morgan fingerprint density at radius 1 is 0.923 bits per heavy atom. The Hall–Kier alpha value is -0.880. The van der Waals surface area contributed by atoms with Gasteiger partial charge in [-0.15, -0.1) is 6.58 Å². The predicted molar refractivity (Wildman–Crippen MR) is 84.9 cm³/mol. The largest absolute Gasteiger partial charge is 0.327 e. The van der Waals surface area contributed by atoms with Gasteiger partial charge in [0.1, 0.15) is 11.9 Å². The van der Waals surface area contributed by atoms with Crippen molar-refractivity contribution in [2.75, 3.05) is 19.0 Å². The smallest absolute Gasteiger partial charge is 0.267 e. The minimum absolute atomic E-state index is 0.115. The standard InChI is InChI=1S/C11H17F7O3S.C3H7N/c12-4-2-1-3-6(13)8(15)10(17)11(18)9(16)7(14)5-22(19,20)21;1-2-3-4/h6-11H,1-5H2,(H,19,20,21);2H,1,3-4H2. The molecule has 6 unspecified atom stereocenters. The zero-order valence-corrected chi connectivity index (χ0v) is 14.7. The summed E-state index contributed by atoms with van der Waals surface area (Å²) in [4.78, 5) is 0. The van der Waals surface area contributed by atoms with Crippen LogP contribution in [0.2, 0.25) is 0 Å². The lowest BCUT2D eigenvalue weighted by Crippen LogP contribution is -2.44. The molecule has 0 aliphatic rings. The first-order valence-electron chi connectivity index (χ1n) is 7.59. The first kappa shape index (κ1) is 27.3. The van der Waals surface area contributed by atoms with E-state index in [1.54, 1.807) is 6.08 Å². The zero-order valence-electron chi connectivity index (χ0n) is 13.9. The van der Waals surface area contributed by atoms with Gasteiger partial charge in [0.15, 0.2) is 30.9 Å². The first-order chi connectivity index (χ1) is 11.9. The van der Waals surface area contributed by atoms with Crippen LogP contribution >= 0.6 is 0 Å². The van der Waals surface area contributed by atoms with Crippen LogP contribution in [0, 0.1) is 0 Å². The van der Waals surface area contributed by atoms with Gasteiger partial charge in [-0.2, -0.15) is 8.42 Å². The normalized spacial score (nSPS) is 18.7. The summed E-state index contributed by atoms with van der Waals surface area (Å²) in [5.41, 5.74) is 4.91. The summed E-state index contributed by atoms with van der Waals surface area (Å²) in [6.45, 7) is 3.13. The minimum Gasteiger partial charge on any atom is -0.327 e. The lowest BCUT2D eigenvalue weighted by Gasteiger charge is -2.23. The van der Waals surface area contributed by atoms with Crippen molar-refractivity contribution in [1.29, 1.82) is 0 Å². The molecular weight excluding hydrogens is 395 g/mol. The van der Waals surface area contributed by atoms with E-state index in [1.807, 2.05) is 0 Å². The number of halogens is 7. The quantitative estimate of drug-likeness (QED) is 0.220. The van der Waals surface area contributed by atoms with Gasteiger partial charge in [0, 0.05) is 6.54 Å². The van der Waals surface area contributed by atoms with Crippen LogP contribution in [-0.2, 0) is 10.1 Å². The Kier molecular flexibility index (Phi) is 14.9. The molecule has 0 saturated heterocycles. The highest BCUT2D eigenvalue weighted by molar-refractivity contribution is 7.85. The van der Waals surface area contributed by atoms with E-state index in [2.05, 4.69) is 6.58 Å². The van der Waals surface area contributed by atoms with Crippen LogP contribution in [0.5, 0.6) is 0 Å². The van der Waals surface area contributed by atoms with Crippen molar-refractivity contribution in [2.24, 2.45) is 5.73 Å². The molecule has 3 N–H and O–H groups in total. The molecule has 0 heterocycles. The van der Waals surface area contributed by atoms with Crippen LogP contribution in [-0.4, -0.2) is 69.0 Å². The summed E-state index contributed by atoms with van der Waals surface area (Å²) < 4.78 is 120. The molecule has 6 atom stereocenters. The number of nitrogens with two attached hydrogens (primary N) is 1. The van der Waals surface area contributed by atoms with E-state index in [9.17, 15) is 39.2 Å². The van der Waals surface area contributed by atoms with Gasteiger partial charge in [0.05, 0.1) is 6.67 Å². The van der Waals surface area contributed by atoms with E-state index >= 15 is 0 Å². The molecule has 0 fully saturated rings. The fraction of sp³-hybridized carbons (Fsp3) is 0.857. The van der Waals surface area contributed by atoms with Crippen LogP contribution in [0.4, 0.5) is 30.7 Å². The SMILES string of the molecule is C=CCN.O=S(=O)(O)CC(F)C(F)C(F)C(F)C(F)C(F)CCCCF. The van der Waals surface area contributed by atoms with Gasteiger partial charge in [-0.3, -0.25) is 8.94 Å². The van der Waals surface area contributed by atoms with Crippen molar-refractivity contribution < 1.29 is 43.7 Å². The van der Waals surface area contributed by atoms with Gasteiger partial charge < -0.3 is 5.73 Å². The third-order valence-corrected chi connectivity index (χ3v) is 3.74. The molecule has 0 aromatic heterocycles. The van der Waals surface area contributed by atoms with Crippen LogP contribution in [0.15, 0.2) is 12.7 Å². The maximum absolute atomic E-state index is 13.3. The summed E-state index contributed by atoms with van der Waals surface area (Å²) in [5.74, 6) is -1.84. The molecule has 0 radical (unpaired) electrons. The number of rotatable bonds is 12. The number of hydrogen-bond donors (Lipinski definition) is 2. The third kappa shape index (κ3) is 12.5. The second-order valence-corrected chi connectivity index (χ2v) is 6.76. The Morgan fingerprint density at radius 2 is 1.35 bits per heavy atom. The summed E-state index contributed by atoms with van der Waals surface area (Å²) >= 11 is 0. The van der Waals surface area contributed by atoms with Crippen LogP contribution < -0.4 is 5.73 Å². The molecule has 0 spiro atoms. The summed E-state index contributed by atoms with van der Waals surface area (Å²) in [5, 5.41) is 0. The molecule has 0 rings (SSSR count). The van der Waals surface area contributed by atoms with Crippen LogP contribution in [0.25, 0.3) is 0 Å².